The Kier molecular flexibility index (Phi) is 3.14. The van der Waals surface area contributed by atoms with E-state index in [9.17, 15) is 9.18 Å². The number of carbonyl (C=O) groups excluding carboxylic acids is 1. The first-order valence-corrected chi connectivity index (χ1v) is 3.73. The Morgan fingerprint density at radius 1 is 1.69 bits per heavy atom. The van der Waals surface area contributed by atoms with E-state index in [2.05, 4.69) is 16.9 Å². The van der Waals surface area contributed by atoms with Crippen LogP contribution >= 0.6 is 0 Å². The Morgan fingerprint density at radius 2 is 2.46 bits per heavy atom. The normalized spacial score (nSPS) is 9.31. The lowest BCUT2D eigenvalue weighted by molar-refractivity contribution is 0.0957. The van der Waals surface area contributed by atoms with E-state index in [1.54, 1.807) is 6.08 Å². The van der Waals surface area contributed by atoms with Crippen LogP contribution in [0.15, 0.2) is 31.1 Å². The summed E-state index contributed by atoms with van der Waals surface area (Å²) in [5.74, 6) is -0.877. The van der Waals surface area contributed by atoms with Gasteiger partial charge in [0.05, 0.1) is 11.8 Å². The van der Waals surface area contributed by atoms with Crippen LogP contribution in [0.1, 0.15) is 10.4 Å². The number of amides is 1. The average molecular weight is 180 g/mol. The summed E-state index contributed by atoms with van der Waals surface area (Å²) in [6, 6.07) is 1.13. The molecule has 0 aromatic carbocycles. The largest absolute Gasteiger partial charge is 0.349 e. The average Bonchev–Trinajstić information content (AvgIpc) is 2.14. The number of nitrogens with zero attached hydrogens (tertiary/aromatic N) is 1. The van der Waals surface area contributed by atoms with Crippen molar-refractivity contribution >= 4 is 5.91 Å². The molecule has 0 bridgehead atoms. The van der Waals surface area contributed by atoms with Gasteiger partial charge >= 0.3 is 0 Å². The number of hydrogen-bond acceptors (Lipinski definition) is 2. The minimum Gasteiger partial charge on any atom is -0.349 e. The van der Waals surface area contributed by atoms with Gasteiger partial charge in [-0.3, -0.25) is 9.78 Å². The smallest absolute Gasteiger partial charge is 0.253 e. The third kappa shape index (κ3) is 2.66. The monoisotopic (exact) mass is 180 g/mol. The Balaban J connectivity index is 2.71. The van der Waals surface area contributed by atoms with Crippen LogP contribution in [0.4, 0.5) is 4.39 Å². The highest BCUT2D eigenvalue weighted by Gasteiger charge is 2.04. The fourth-order valence-electron chi connectivity index (χ4n) is 0.803. The van der Waals surface area contributed by atoms with Crippen LogP contribution in [0, 0.1) is 5.82 Å². The SMILES string of the molecule is C=CCNC(=O)c1cncc(F)c1. The molecule has 0 unspecified atom stereocenters. The van der Waals surface area contributed by atoms with Crippen molar-refractivity contribution in [1.29, 1.82) is 0 Å². The van der Waals surface area contributed by atoms with Gasteiger partial charge in [0, 0.05) is 12.7 Å². The van der Waals surface area contributed by atoms with Gasteiger partial charge in [-0.1, -0.05) is 6.08 Å². The highest BCUT2D eigenvalue weighted by atomic mass is 19.1. The standard InChI is InChI=1S/C9H9FN2O/c1-2-3-12-9(13)7-4-8(10)6-11-5-7/h2,4-6H,1,3H2,(H,12,13). The number of rotatable bonds is 3. The fourth-order valence-corrected chi connectivity index (χ4v) is 0.803. The van der Waals surface area contributed by atoms with E-state index in [1.807, 2.05) is 0 Å². The van der Waals surface area contributed by atoms with Gasteiger partial charge in [0.2, 0.25) is 0 Å². The first-order valence-electron chi connectivity index (χ1n) is 3.73. The van der Waals surface area contributed by atoms with Crippen LogP contribution in [-0.4, -0.2) is 17.4 Å². The van der Waals surface area contributed by atoms with Gasteiger partial charge in [-0.25, -0.2) is 4.39 Å². The summed E-state index contributed by atoms with van der Waals surface area (Å²) in [4.78, 5) is 14.7. The second-order valence-corrected chi connectivity index (χ2v) is 2.39. The second-order valence-electron chi connectivity index (χ2n) is 2.39. The number of nitrogens with one attached hydrogen (secondary N) is 1. The minimum atomic E-state index is -0.522. The van der Waals surface area contributed by atoms with E-state index in [4.69, 9.17) is 0 Å². The Bertz CT molecular complexity index is 325. The second kappa shape index (κ2) is 4.35. The van der Waals surface area contributed by atoms with Crippen molar-refractivity contribution in [2.45, 2.75) is 0 Å². The molecule has 1 amide bonds. The molecule has 0 aliphatic rings. The predicted octanol–water partition coefficient (Wildman–Crippen LogP) is 1.14. The summed E-state index contributed by atoms with van der Waals surface area (Å²) in [6.07, 6.45) is 3.90. The van der Waals surface area contributed by atoms with Crippen LogP contribution in [0.5, 0.6) is 0 Å². The summed E-state index contributed by atoms with van der Waals surface area (Å²) in [7, 11) is 0. The van der Waals surface area contributed by atoms with Gasteiger partial charge in [-0.2, -0.15) is 0 Å². The van der Waals surface area contributed by atoms with Crippen molar-refractivity contribution in [3.8, 4) is 0 Å². The molecule has 1 aromatic heterocycles. The molecule has 1 rings (SSSR count). The highest BCUT2D eigenvalue weighted by molar-refractivity contribution is 5.93. The van der Waals surface area contributed by atoms with E-state index >= 15 is 0 Å². The van der Waals surface area contributed by atoms with E-state index in [-0.39, 0.29) is 11.5 Å². The molecule has 0 radical (unpaired) electrons. The molecule has 3 nitrogen and oxygen atoms in total. The third-order valence-corrected chi connectivity index (χ3v) is 1.37. The van der Waals surface area contributed by atoms with Gasteiger partial charge in [0.15, 0.2) is 0 Å². The highest BCUT2D eigenvalue weighted by Crippen LogP contribution is 1.99. The molecular weight excluding hydrogens is 171 g/mol. The maximum absolute atomic E-state index is 12.6. The molecule has 13 heavy (non-hydrogen) atoms. The summed E-state index contributed by atoms with van der Waals surface area (Å²) in [5.41, 5.74) is 0.210. The number of hydrogen-bond donors (Lipinski definition) is 1. The van der Waals surface area contributed by atoms with Crippen LogP contribution in [-0.2, 0) is 0 Å². The van der Waals surface area contributed by atoms with Crippen LogP contribution < -0.4 is 5.32 Å². The molecular formula is C9H9FN2O. The quantitative estimate of drug-likeness (QED) is 0.708. The van der Waals surface area contributed by atoms with Crippen LogP contribution in [0.3, 0.4) is 0 Å². The molecule has 0 aliphatic heterocycles. The van der Waals surface area contributed by atoms with Crippen molar-refractivity contribution < 1.29 is 9.18 Å². The van der Waals surface area contributed by atoms with Crippen LogP contribution in [0.25, 0.3) is 0 Å². The van der Waals surface area contributed by atoms with Gasteiger partial charge in [0.1, 0.15) is 5.82 Å². The molecule has 0 saturated carbocycles. The molecule has 1 heterocycles. The lowest BCUT2D eigenvalue weighted by Crippen LogP contribution is -2.23. The Morgan fingerprint density at radius 3 is 3.08 bits per heavy atom. The fraction of sp³-hybridized carbons (Fsp3) is 0.111. The van der Waals surface area contributed by atoms with E-state index in [1.165, 1.54) is 6.20 Å². The number of halogens is 1. The zero-order valence-electron chi connectivity index (χ0n) is 6.96. The van der Waals surface area contributed by atoms with Crippen molar-refractivity contribution in [3.63, 3.8) is 0 Å². The lowest BCUT2D eigenvalue weighted by Gasteiger charge is -2.00. The molecule has 4 heteroatoms. The number of carbonyl (C=O) groups is 1. The molecule has 1 aromatic rings. The molecule has 0 aliphatic carbocycles. The first-order chi connectivity index (χ1) is 6.24. The van der Waals surface area contributed by atoms with E-state index in [0.717, 1.165) is 12.3 Å². The maximum Gasteiger partial charge on any atom is 0.253 e. The zero-order valence-corrected chi connectivity index (χ0v) is 6.96. The van der Waals surface area contributed by atoms with E-state index < -0.39 is 5.82 Å². The summed E-state index contributed by atoms with van der Waals surface area (Å²) in [6.45, 7) is 3.80. The van der Waals surface area contributed by atoms with Crippen molar-refractivity contribution in [1.82, 2.24) is 10.3 Å². The summed E-state index contributed by atoms with van der Waals surface area (Å²) in [5, 5.41) is 2.51. The lowest BCUT2D eigenvalue weighted by atomic mass is 10.2. The molecule has 68 valence electrons. The Hall–Kier alpha value is -1.71. The zero-order chi connectivity index (χ0) is 9.68. The minimum absolute atomic E-state index is 0.210. The molecule has 0 spiro atoms. The van der Waals surface area contributed by atoms with Crippen molar-refractivity contribution in [3.05, 3.63) is 42.5 Å². The molecule has 0 saturated heterocycles. The first kappa shape index (κ1) is 9.38. The topological polar surface area (TPSA) is 42.0 Å². The Labute approximate surface area is 75.3 Å². The van der Waals surface area contributed by atoms with Crippen LogP contribution in [0.2, 0.25) is 0 Å². The van der Waals surface area contributed by atoms with Gasteiger partial charge in [0.25, 0.3) is 5.91 Å². The maximum atomic E-state index is 12.6. The number of aromatic nitrogens is 1. The van der Waals surface area contributed by atoms with Gasteiger partial charge < -0.3 is 5.32 Å². The molecule has 1 N–H and O–H groups in total. The van der Waals surface area contributed by atoms with Gasteiger partial charge in [-0.05, 0) is 6.07 Å². The van der Waals surface area contributed by atoms with Gasteiger partial charge in [-0.15, -0.1) is 6.58 Å². The van der Waals surface area contributed by atoms with Crippen molar-refractivity contribution in [2.24, 2.45) is 0 Å². The summed E-state index contributed by atoms with van der Waals surface area (Å²) >= 11 is 0. The predicted molar refractivity (Wildman–Crippen MR) is 46.7 cm³/mol. The van der Waals surface area contributed by atoms with Crippen molar-refractivity contribution in [2.75, 3.05) is 6.54 Å². The summed E-state index contributed by atoms with van der Waals surface area (Å²) < 4.78 is 12.6. The third-order valence-electron chi connectivity index (χ3n) is 1.37. The molecule has 0 atom stereocenters. The van der Waals surface area contributed by atoms with E-state index in [0.29, 0.717) is 6.54 Å². The molecule has 0 fully saturated rings. The number of pyridine rings is 1.